The van der Waals surface area contributed by atoms with Crippen molar-refractivity contribution in [2.24, 2.45) is 5.92 Å². The number of hydrogen-bond acceptors (Lipinski definition) is 2. The summed E-state index contributed by atoms with van der Waals surface area (Å²) in [6, 6.07) is 0.738. The fourth-order valence-electron chi connectivity index (χ4n) is 1.78. The van der Waals surface area contributed by atoms with Gasteiger partial charge in [-0.25, -0.2) is 0 Å². The van der Waals surface area contributed by atoms with E-state index in [1.54, 1.807) is 0 Å². The zero-order chi connectivity index (χ0) is 8.97. The highest BCUT2D eigenvalue weighted by atomic mass is 15.1. The Morgan fingerprint density at radius 3 is 2.58 bits per heavy atom. The number of nitrogens with one attached hydrogen (secondary N) is 1. The SMILES string of the molecule is CCCN(C)CC(NC)C1CC1. The first-order valence-electron chi connectivity index (χ1n) is 5.13. The van der Waals surface area contributed by atoms with Crippen LogP contribution in [0.2, 0.25) is 0 Å². The lowest BCUT2D eigenvalue weighted by molar-refractivity contribution is 0.281. The largest absolute Gasteiger partial charge is 0.315 e. The zero-order valence-electron chi connectivity index (χ0n) is 8.64. The minimum atomic E-state index is 0.738. The highest BCUT2D eigenvalue weighted by Crippen LogP contribution is 2.32. The normalized spacial score (nSPS) is 20.0. The summed E-state index contributed by atoms with van der Waals surface area (Å²) in [4.78, 5) is 2.43. The summed E-state index contributed by atoms with van der Waals surface area (Å²) in [5.74, 6) is 0.967. The van der Waals surface area contributed by atoms with Crippen LogP contribution in [0.4, 0.5) is 0 Å². The molecule has 0 bridgehead atoms. The Bertz CT molecular complexity index is 121. The standard InChI is InChI=1S/C10H22N2/c1-4-7-12(3)8-10(11-2)9-5-6-9/h9-11H,4-8H2,1-3H3. The molecule has 72 valence electrons. The molecule has 1 rings (SSSR count). The van der Waals surface area contributed by atoms with E-state index in [9.17, 15) is 0 Å². The van der Waals surface area contributed by atoms with Crippen molar-refractivity contribution in [3.05, 3.63) is 0 Å². The van der Waals surface area contributed by atoms with Gasteiger partial charge in [0, 0.05) is 12.6 Å². The monoisotopic (exact) mass is 170 g/mol. The molecule has 0 spiro atoms. The Morgan fingerprint density at radius 2 is 2.17 bits per heavy atom. The molecule has 0 heterocycles. The lowest BCUT2D eigenvalue weighted by Crippen LogP contribution is -2.39. The maximum Gasteiger partial charge on any atom is 0.0220 e. The van der Waals surface area contributed by atoms with Crippen LogP contribution >= 0.6 is 0 Å². The summed E-state index contributed by atoms with van der Waals surface area (Å²) in [5, 5.41) is 3.41. The van der Waals surface area contributed by atoms with Gasteiger partial charge in [-0.05, 0) is 45.8 Å². The molecule has 1 N–H and O–H groups in total. The second-order valence-electron chi connectivity index (χ2n) is 3.99. The number of hydrogen-bond donors (Lipinski definition) is 1. The third-order valence-electron chi connectivity index (χ3n) is 2.68. The minimum Gasteiger partial charge on any atom is -0.315 e. The van der Waals surface area contributed by atoms with Crippen molar-refractivity contribution in [1.29, 1.82) is 0 Å². The topological polar surface area (TPSA) is 15.3 Å². The summed E-state index contributed by atoms with van der Waals surface area (Å²) >= 11 is 0. The van der Waals surface area contributed by atoms with Crippen LogP contribution in [-0.4, -0.2) is 38.1 Å². The van der Waals surface area contributed by atoms with Crippen LogP contribution in [0.15, 0.2) is 0 Å². The Labute approximate surface area is 76.3 Å². The van der Waals surface area contributed by atoms with Crippen molar-refractivity contribution in [3.8, 4) is 0 Å². The Balaban J connectivity index is 2.16. The predicted molar refractivity (Wildman–Crippen MR) is 53.4 cm³/mol. The van der Waals surface area contributed by atoms with Gasteiger partial charge in [0.2, 0.25) is 0 Å². The van der Waals surface area contributed by atoms with Gasteiger partial charge >= 0.3 is 0 Å². The molecular weight excluding hydrogens is 148 g/mol. The summed E-state index contributed by atoms with van der Waals surface area (Å²) in [6.07, 6.45) is 4.13. The van der Waals surface area contributed by atoms with Crippen molar-refractivity contribution >= 4 is 0 Å². The maximum atomic E-state index is 3.41. The molecule has 0 aliphatic heterocycles. The number of rotatable bonds is 6. The van der Waals surface area contributed by atoms with Crippen molar-refractivity contribution in [2.45, 2.75) is 32.2 Å². The van der Waals surface area contributed by atoms with E-state index >= 15 is 0 Å². The van der Waals surface area contributed by atoms with E-state index < -0.39 is 0 Å². The first-order chi connectivity index (χ1) is 5.77. The first-order valence-corrected chi connectivity index (χ1v) is 5.13. The van der Waals surface area contributed by atoms with Crippen molar-refractivity contribution in [2.75, 3.05) is 27.2 Å². The molecule has 2 nitrogen and oxygen atoms in total. The lowest BCUT2D eigenvalue weighted by atomic mass is 10.2. The van der Waals surface area contributed by atoms with E-state index in [0.29, 0.717) is 0 Å². The molecule has 0 amide bonds. The molecule has 2 heteroatoms. The van der Waals surface area contributed by atoms with E-state index in [0.717, 1.165) is 12.0 Å². The minimum absolute atomic E-state index is 0.738. The zero-order valence-corrected chi connectivity index (χ0v) is 8.64. The van der Waals surface area contributed by atoms with Crippen molar-refractivity contribution < 1.29 is 0 Å². The highest BCUT2D eigenvalue weighted by molar-refractivity contribution is 4.87. The Hall–Kier alpha value is -0.0800. The highest BCUT2D eigenvalue weighted by Gasteiger charge is 2.30. The summed E-state index contributed by atoms with van der Waals surface area (Å²) < 4.78 is 0. The first kappa shape index (κ1) is 10.0. The number of nitrogens with zero attached hydrogens (tertiary/aromatic N) is 1. The molecule has 0 aromatic heterocycles. The number of likely N-dealkylation sites (N-methyl/N-ethyl adjacent to an activating group) is 2. The van der Waals surface area contributed by atoms with Crippen LogP contribution in [0.3, 0.4) is 0 Å². The van der Waals surface area contributed by atoms with Crippen LogP contribution in [0, 0.1) is 5.92 Å². The molecule has 0 saturated heterocycles. The molecule has 1 aliphatic rings. The molecule has 1 atom stereocenters. The Morgan fingerprint density at radius 1 is 1.50 bits per heavy atom. The van der Waals surface area contributed by atoms with Gasteiger partial charge < -0.3 is 10.2 Å². The van der Waals surface area contributed by atoms with E-state index in [2.05, 4.69) is 31.2 Å². The molecule has 0 radical (unpaired) electrons. The van der Waals surface area contributed by atoms with E-state index in [1.165, 1.54) is 32.4 Å². The van der Waals surface area contributed by atoms with E-state index in [4.69, 9.17) is 0 Å². The van der Waals surface area contributed by atoms with Gasteiger partial charge in [0.25, 0.3) is 0 Å². The molecule has 1 saturated carbocycles. The molecule has 1 fully saturated rings. The second-order valence-corrected chi connectivity index (χ2v) is 3.99. The van der Waals surface area contributed by atoms with Gasteiger partial charge in [0.15, 0.2) is 0 Å². The lowest BCUT2D eigenvalue weighted by Gasteiger charge is -2.23. The summed E-state index contributed by atoms with van der Waals surface area (Å²) in [7, 11) is 4.30. The van der Waals surface area contributed by atoms with Gasteiger partial charge in [0.05, 0.1) is 0 Å². The molecule has 1 unspecified atom stereocenters. The predicted octanol–water partition coefficient (Wildman–Crippen LogP) is 1.33. The molecule has 12 heavy (non-hydrogen) atoms. The maximum absolute atomic E-state index is 3.41. The molecule has 0 aromatic carbocycles. The fourth-order valence-corrected chi connectivity index (χ4v) is 1.78. The quantitative estimate of drug-likeness (QED) is 0.647. The Kier molecular flexibility index (Phi) is 4.02. The van der Waals surface area contributed by atoms with Gasteiger partial charge in [-0.2, -0.15) is 0 Å². The molecular formula is C10H22N2. The van der Waals surface area contributed by atoms with Crippen LogP contribution in [-0.2, 0) is 0 Å². The average molecular weight is 170 g/mol. The van der Waals surface area contributed by atoms with Crippen LogP contribution in [0.1, 0.15) is 26.2 Å². The molecule has 0 aromatic rings. The second kappa shape index (κ2) is 4.83. The third kappa shape index (κ3) is 3.11. The van der Waals surface area contributed by atoms with Crippen LogP contribution in [0.5, 0.6) is 0 Å². The van der Waals surface area contributed by atoms with Crippen LogP contribution in [0.25, 0.3) is 0 Å². The van der Waals surface area contributed by atoms with E-state index in [-0.39, 0.29) is 0 Å². The van der Waals surface area contributed by atoms with Gasteiger partial charge in [-0.1, -0.05) is 6.92 Å². The molecule has 1 aliphatic carbocycles. The average Bonchev–Trinajstić information content (AvgIpc) is 2.83. The van der Waals surface area contributed by atoms with Crippen molar-refractivity contribution in [3.63, 3.8) is 0 Å². The van der Waals surface area contributed by atoms with Gasteiger partial charge in [-0.3, -0.25) is 0 Å². The third-order valence-corrected chi connectivity index (χ3v) is 2.68. The van der Waals surface area contributed by atoms with E-state index in [1.807, 2.05) is 0 Å². The smallest absolute Gasteiger partial charge is 0.0220 e. The fraction of sp³-hybridized carbons (Fsp3) is 1.00. The van der Waals surface area contributed by atoms with Gasteiger partial charge in [0.1, 0.15) is 0 Å². The summed E-state index contributed by atoms with van der Waals surface area (Å²) in [5.41, 5.74) is 0. The van der Waals surface area contributed by atoms with Gasteiger partial charge in [-0.15, -0.1) is 0 Å². The van der Waals surface area contributed by atoms with Crippen LogP contribution < -0.4 is 5.32 Å². The van der Waals surface area contributed by atoms with Crippen molar-refractivity contribution in [1.82, 2.24) is 10.2 Å². The summed E-state index contributed by atoms with van der Waals surface area (Å²) in [6.45, 7) is 4.68.